The molecule has 1 aliphatic heterocycles. The Kier molecular flexibility index (Phi) is 5.41. The van der Waals surface area contributed by atoms with Crippen molar-refractivity contribution in [2.75, 3.05) is 19.6 Å². The molecule has 0 atom stereocenters. The van der Waals surface area contributed by atoms with Gasteiger partial charge >= 0.3 is 0 Å². The lowest BCUT2D eigenvalue weighted by Gasteiger charge is -2.26. The van der Waals surface area contributed by atoms with Crippen molar-refractivity contribution in [1.82, 2.24) is 10.2 Å². The van der Waals surface area contributed by atoms with Crippen LogP contribution in [0.2, 0.25) is 0 Å². The van der Waals surface area contributed by atoms with Gasteiger partial charge in [0.05, 0.1) is 19.7 Å². The smallest absolute Gasteiger partial charge is 0.253 e. The molecule has 1 fully saturated rings. The van der Waals surface area contributed by atoms with Gasteiger partial charge in [0.15, 0.2) is 0 Å². The van der Waals surface area contributed by atoms with Gasteiger partial charge in [-0.1, -0.05) is 0 Å². The number of amides is 2. The molecule has 7 heteroatoms. The summed E-state index contributed by atoms with van der Waals surface area (Å²) in [5.74, 6) is -0.224. The van der Waals surface area contributed by atoms with Gasteiger partial charge in [-0.15, -0.1) is 11.3 Å². The molecule has 2 heterocycles. The maximum atomic E-state index is 11.9. The Morgan fingerprint density at radius 3 is 2.53 bits per heavy atom. The van der Waals surface area contributed by atoms with Crippen LogP contribution in [0.5, 0.6) is 0 Å². The summed E-state index contributed by atoms with van der Waals surface area (Å²) in [6.45, 7) is 1.68. The standard InChI is InChI=1S/C12H14Br2N2O2S/c13-9-6-8(11(14)19-9)12(18)15-7-10(17)16-4-2-1-3-5-16/h6H,1-5,7H2,(H,15,18). The van der Waals surface area contributed by atoms with Gasteiger partial charge in [0.2, 0.25) is 5.91 Å². The average molecular weight is 410 g/mol. The number of nitrogens with one attached hydrogen (secondary N) is 1. The zero-order chi connectivity index (χ0) is 13.8. The Balaban J connectivity index is 1.86. The number of carbonyl (C=O) groups is 2. The number of hydrogen-bond donors (Lipinski definition) is 1. The Morgan fingerprint density at radius 2 is 1.95 bits per heavy atom. The van der Waals surface area contributed by atoms with Crippen molar-refractivity contribution < 1.29 is 9.59 Å². The molecule has 0 saturated carbocycles. The summed E-state index contributed by atoms with van der Waals surface area (Å²) in [6.07, 6.45) is 3.30. The molecular weight excluding hydrogens is 396 g/mol. The molecule has 19 heavy (non-hydrogen) atoms. The van der Waals surface area contributed by atoms with Crippen LogP contribution in [0.1, 0.15) is 29.6 Å². The van der Waals surface area contributed by atoms with Crippen molar-refractivity contribution in [2.45, 2.75) is 19.3 Å². The first-order valence-corrected chi connectivity index (χ1v) is 8.49. The number of piperidine rings is 1. The lowest BCUT2D eigenvalue weighted by Crippen LogP contribution is -2.42. The highest BCUT2D eigenvalue weighted by molar-refractivity contribution is 9.12. The second-order valence-electron chi connectivity index (χ2n) is 4.36. The van der Waals surface area contributed by atoms with E-state index in [1.54, 1.807) is 6.07 Å². The molecule has 0 radical (unpaired) electrons. The molecule has 2 amide bonds. The minimum Gasteiger partial charge on any atom is -0.343 e. The number of carbonyl (C=O) groups excluding carboxylic acids is 2. The number of nitrogens with zero attached hydrogens (tertiary/aromatic N) is 1. The Morgan fingerprint density at radius 1 is 1.26 bits per heavy atom. The summed E-state index contributed by atoms with van der Waals surface area (Å²) in [5, 5.41) is 2.68. The zero-order valence-electron chi connectivity index (χ0n) is 10.2. The maximum absolute atomic E-state index is 11.9. The van der Waals surface area contributed by atoms with Gasteiger partial charge in [0.1, 0.15) is 0 Å². The number of hydrogen-bond acceptors (Lipinski definition) is 3. The average Bonchev–Trinajstić information content (AvgIpc) is 2.75. The van der Waals surface area contributed by atoms with Gasteiger partial charge in [-0.05, 0) is 57.2 Å². The van der Waals surface area contributed by atoms with E-state index in [4.69, 9.17) is 0 Å². The maximum Gasteiger partial charge on any atom is 0.253 e. The van der Waals surface area contributed by atoms with E-state index < -0.39 is 0 Å². The molecule has 1 saturated heterocycles. The second kappa shape index (κ2) is 6.85. The van der Waals surface area contributed by atoms with E-state index in [9.17, 15) is 9.59 Å². The van der Waals surface area contributed by atoms with Crippen molar-refractivity contribution in [1.29, 1.82) is 0 Å². The molecule has 0 aromatic carbocycles. The summed E-state index contributed by atoms with van der Waals surface area (Å²) in [6, 6.07) is 1.75. The number of halogens is 2. The molecule has 104 valence electrons. The number of thiophene rings is 1. The summed E-state index contributed by atoms with van der Waals surface area (Å²) in [5.41, 5.74) is 0.559. The molecule has 1 aromatic heterocycles. The van der Waals surface area contributed by atoms with Crippen molar-refractivity contribution in [3.05, 3.63) is 19.2 Å². The molecule has 0 unspecified atom stereocenters. The minimum atomic E-state index is -0.223. The summed E-state index contributed by atoms with van der Waals surface area (Å²) in [4.78, 5) is 25.7. The molecule has 2 rings (SSSR count). The Hall–Kier alpha value is -0.400. The topological polar surface area (TPSA) is 49.4 Å². The SMILES string of the molecule is O=C(NCC(=O)N1CCCCC1)c1cc(Br)sc1Br. The third-order valence-corrected chi connectivity index (χ3v) is 5.35. The van der Waals surface area contributed by atoms with Crippen LogP contribution in [0.15, 0.2) is 13.6 Å². The molecule has 1 aromatic rings. The predicted octanol–water partition coefficient (Wildman–Crippen LogP) is 3.02. The van der Waals surface area contributed by atoms with Gasteiger partial charge in [-0.2, -0.15) is 0 Å². The lowest BCUT2D eigenvalue weighted by molar-refractivity contribution is -0.130. The van der Waals surface area contributed by atoms with Gasteiger partial charge in [-0.25, -0.2) is 0 Å². The van der Waals surface area contributed by atoms with Crippen molar-refractivity contribution in [3.8, 4) is 0 Å². The van der Waals surface area contributed by atoms with Crippen molar-refractivity contribution in [3.63, 3.8) is 0 Å². The molecule has 1 N–H and O–H groups in total. The minimum absolute atomic E-state index is 0.00142. The molecule has 0 aliphatic carbocycles. The molecular formula is C12H14Br2N2O2S. The Labute approximate surface area is 132 Å². The summed E-state index contributed by atoms with van der Waals surface area (Å²) >= 11 is 8.10. The molecule has 0 bridgehead atoms. The first kappa shape index (κ1) is 15.0. The fraction of sp³-hybridized carbons (Fsp3) is 0.500. The first-order valence-electron chi connectivity index (χ1n) is 6.08. The third kappa shape index (κ3) is 4.03. The number of likely N-dealkylation sites (tertiary alicyclic amines) is 1. The van der Waals surface area contributed by atoms with Gasteiger partial charge in [0.25, 0.3) is 5.91 Å². The Bertz CT molecular complexity index is 484. The molecule has 1 aliphatic rings. The highest BCUT2D eigenvalue weighted by Crippen LogP contribution is 2.31. The van der Waals surface area contributed by atoms with Crippen molar-refractivity contribution in [2.24, 2.45) is 0 Å². The van der Waals surface area contributed by atoms with Crippen LogP contribution in [0.4, 0.5) is 0 Å². The normalized spacial score (nSPS) is 15.4. The van der Waals surface area contributed by atoms with E-state index in [1.807, 2.05) is 4.90 Å². The van der Waals surface area contributed by atoms with E-state index in [0.29, 0.717) is 5.56 Å². The van der Waals surface area contributed by atoms with E-state index in [0.717, 1.165) is 33.5 Å². The fourth-order valence-corrected chi connectivity index (χ4v) is 4.79. The highest BCUT2D eigenvalue weighted by atomic mass is 79.9. The van der Waals surface area contributed by atoms with Crippen LogP contribution in [-0.2, 0) is 4.79 Å². The highest BCUT2D eigenvalue weighted by Gasteiger charge is 2.18. The first-order chi connectivity index (χ1) is 9.08. The van der Waals surface area contributed by atoms with Crippen LogP contribution in [0.25, 0.3) is 0 Å². The molecule has 4 nitrogen and oxygen atoms in total. The zero-order valence-corrected chi connectivity index (χ0v) is 14.2. The third-order valence-electron chi connectivity index (χ3n) is 3.01. The van der Waals surface area contributed by atoms with E-state index in [2.05, 4.69) is 37.2 Å². The lowest BCUT2D eigenvalue weighted by atomic mass is 10.1. The van der Waals surface area contributed by atoms with Crippen LogP contribution in [0.3, 0.4) is 0 Å². The van der Waals surface area contributed by atoms with Crippen molar-refractivity contribution >= 4 is 55.0 Å². The predicted molar refractivity (Wildman–Crippen MR) is 82.5 cm³/mol. The quantitative estimate of drug-likeness (QED) is 0.833. The van der Waals surface area contributed by atoms with Crippen LogP contribution in [0, 0.1) is 0 Å². The monoisotopic (exact) mass is 408 g/mol. The van der Waals surface area contributed by atoms with Crippen LogP contribution in [-0.4, -0.2) is 36.3 Å². The fourth-order valence-electron chi connectivity index (χ4n) is 2.00. The van der Waals surface area contributed by atoms with E-state index in [1.165, 1.54) is 17.8 Å². The van der Waals surface area contributed by atoms with Gasteiger partial charge in [0, 0.05) is 13.1 Å². The number of rotatable bonds is 3. The van der Waals surface area contributed by atoms with E-state index in [-0.39, 0.29) is 18.4 Å². The van der Waals surface area contributed by atoms with Crippen LogP contribution >= 0.6 is 43.2 Å². The van der Waals surface area contributed by atoms with E-state index >= 15 is 0 Å². The van der Waals surface area contributed by atoms with Gasteiger partial charge in [-0.3, -0.25) is 9.59 Å². The summed E-state index contributed by atoms with van der Waals surface area (Å²) in [7, 11) is 0. The van der Waals surface area contributed by atoms with Gasteiger partial charge < -0.3 is 10.2 Å². The molecule has 0 spiro atoms. The second-order valence-corrected chi connectivity index (χ2v) is 8.11. The van der Waals surface area contributed by atoms with Crippen LogP contribution < -0.4 is 5.32 Å². The summed E-state index contributed by atoms with van der Waals surface area (Å²) < 4.78 is 1.65. The largest absolute Gasteiger partial charge is 0.343 e.